The van der Waals surface area contributed by atoms with Gasteiger partial charge in [0, 0.05) is 49.9 Å². The Balaban J connectivity index is 0.986. The van der Waals surface area contributed by atoms with E-state index in [0.717, 1.165) is 46.3 Å². The molecule has 0 saturated heterocycles. The lowest BCUT2D eigenvalue weighted by Gasteiger charge is -2.12. The van der Waals surface area contributed by atoms with Crippen LogP contribution in [-0.4, -0.2) is 24.1 Å². The standard InChI is InChI=1S/C57H37N5/c1-2-16-43(17-3-1)61-49-21-11-10-20-47(49)48-35-42(28-31-50(48)61)57-59-55(58-56(60-57)41-23-22-36-12-4-5-15-40(36)34-41)39-24-29-44(30-25-39)62-51-32-26-37-13-6-8-18-45(37)53(51)54-46-19-9-7-14-38(46)27-33-52(54)62/h1-9,11-19,21-35H,10,20H2. The molecule has 0 aliphatic heterocycles. The molecule has 3 heterocycles. The van der Waals surface area contributed by atoms with Gasteiger partial charge in [0.15, 0.2) is 17.5 Å². The Morgan fingerprint density at radius 3 is 1.58 bits per heavy atom. The Labute approximate surface area is 357 Å². The summed E-state index contributed by atoms with van der Waals surface area (Å²) in [5.74, 6) is 1.93. The Morgan fingerprint density at radius 2 is 0.887 bits per heavy atom. The average molecular weight is 792 g/mol. The Kier molecular flexibility index (Phi) is 7.66. The molecule has 0 unspecified atom stereocenters. The molecule has 0 bridgehead atoms. The molecule has 0 saturated carbocycles. The van der Waals surface area contributed by atoms with Crippen LogP contribution in [0.1, 0.15) is 17.7 Å². The van der Waals surface area contributed by atoms with Crippen LogP contribution in [0.5, 0.6) is 0 Å². The van der Waals surface area contributed by atoms with Crippen molar-refractivity contribution in [3.05, 3.63) is 205 Å². The molecule has 1 aliphatic carbocycles. The zero-order valence-corrected chi connectivity index (χ0v) is 33.7. The fraction of sp³-hybridized carbons (Fsp3) is 0.0351. The zero-order valence-electron chi connectivity index (χ0n) is 33.7. The maximum Gasteiger partial charge on any atom is 0.164 e. The van der Waals surface area contributed by atoms with Gasteiger partial charge < -0.3 is 9.13 Å². The number of aromatic nitrogens is 5. The van der Waals surface area contributed by atoms with Crippen LogP contribution in [-0.2, 0) is 6.42 Å². The number of benzene rings is 9. The van der Waals surface area contributed by atoms with Gasteiger partial charge in [0.05, 0.1) is 16.6 Å². The van der Waals surface area contributed by atoms with Crippen LogP contribution in [0.3, 0.4) is 0 Å². The first-order chi connectivity index (χ1) is 30.7. The van der Waals surface area contributed by atoms with Crippen molar-refractivity contribution in [3.8, 4) is 45.5 Å². The van der Waals surface area contributed by atoms with Crippen LogP contribution in [0, 0.1) is 0 Å². The largest absolute Gasteiger partial charge is 0.310 e. The van der Waals surface area contributed by atoms with E-state index in [-0.39, 0.29) is 0 Å². The molecule has 5 heteroatoms. The van der Waals surface area contributed by atoms with E-state index in [2.05, 4.69) is 209 Å². The van der Waals surface area contributed by atoms with Crippen molar-refractivity contribution < 1.29 is 0 Å². The van der Waals surface area contributed by atoms with E-state index in [1.54, 1.807) is 0 Å². The highest BCUT2D eigenvalue weighted by Gasteiger charge is 2.22. The summed E-state index contributed by atoms with van der Waals surface area (Å²) in [6, 6.07) is 67.4. The molecule has 0 spiro atoms. The number of aryl methyl sites for hydroxylation is 1. The number of nitrogens with zero attached hydrogens (tertiary/aromatic N) is 5. The number of hydrogen-bond donors (Lipinski definition) is 0. The molecule has 0 N–H and O–H groups in total. The highest BCUT2D eigenvalue weighted by molar-refractivity contribution is 6.28. The summed E-state index contributed by atoms with van der Waals surface area (Å²) in [7, 11) is 0. The number of para-hydroxylation sites is 1. The first-order valence-electron chi connectivity index (χ1n) is 21.3. The first-order valence-corrected chi connectivity index (χ1v) is 21.3. The minimum Gasteiger partial charge on any atom is -0.310 e. The van der Waals surface area contributed by atoms with Gasteiger partial charge in [-0.25, -0.2) is 15.0 Å². The van der Waals surface area contributed by atoms with E-state index in [0.29, 0.717) is 17.5 Å². The summed E-state index contributed by atoms with van der Waals surface area (Å²) in [5.41, 5.74) is 11.2. The van der Waals surface area contributed by atoms with Gasteiger partial charge in [-0.2, -0.15) is 0 Å². The molecule has 0 radical (unpaired) electrons. The molecule has 12 aromatic rings. The third-order valence-electron chi connectivity index (χ3n) is 12.8. The summed E-state index contributed by atoms with van der Waals surface area (Å²) in [6.45, 7) is 0. The van der Waals surface area contributed by atoms with Gasteiger partial charge in [-0.1, -0.05) is 121 Å². The van der Waals surface area contributed by atoms with Crippen LogP contribution >= 0.6 is 0 Å². The van der Waals surface area contributed by atoms with Crippen molar-refractivity contribution in [2.24, 2.45) is 0 Å². The van der Waals surface area contributed by atoms with Gasteiger partial charge in [-0.05, 0) is 130 Å². The summed E-state index contributed by atoms with van der Waals surface area (Å²) >= 11 is 0. The fourth-order valence-corrected chi connectivity index (χ4v) is 9.91. The summed E-state index contributed by atoms with van der Waals surface area (Å²) in [5, 5.41) is 11.1. The molecule has 9 aromatic carbocycles. The predicted octanol–water partition coefficient (Wildman–Crippen LogP) is 14.3. The molecular weight excluding hydrogens is 755 g/mol. The topological polar surface area (TPSA) is 48.5 Å². The Bertz CT molecular complexity index is 3700. The van der Waals surface area contributed by atoms with Crippen molar-refractivity contribution in [1.82, 2.24) is 24.1 Å². The van der Waals surface area contributed by atoms with Crippen molar-refractivity contribution in [1.29, 1.82) is 0 Å². The van der Waals surface area contributed by atoms with E-state index in [1.807, 2.05) is 0 Å². The molecule has 3 aromatic heterocycles. The molecular formula is C57H37N5. The molecule has 290 valence electrons. The molecule has 0 fully saturated rings. The number of rotatable bonds is 5. The maximum absolute atomic E-state index is 5.26. The second-order valence-corrected chi connectivity index (χ2v) is 16.3. The minimum atomic E-state index is 0.635. The van der Waals surface area contributed by atoms with Crippen molar-refractivity contribution in [2.45, 2.75) is 12.8 Å². The number of hydrogen-bond acceptors (Lipinski definition) is 3. The molecule has 13 rings (SSSR count). The normalized spacial score (nSPS) is 12.6. The smallest absolute Gasteiger partial charge is 0.164 e. The number of fused-ring (bicyclic) bond motifs is 11. The van der Waals surface area contributed by atoms with E-state index >= 15 is 0 Å². The molecule has 0 amide bonds. The van der Waals surface area contributed by atoms with Gasteiger partial charge in [0.25, 0.3) is 0 Å². The quantitative estimate of drug-likeness (QED) is 0.174. The predicted molar refractivity (Wildman–Crippen MR) is 257 cm³/mol. The van der Waals surface area contributed by atoms with Crippen LogP contribution in [0.2, 0.25) is 0 Å². The lowest BCUT2D eigenvalue weighted by molar-refractivity contribution is 0.967. The monoisotopic (exact) mass is 791 g/mol. The lowest BCUT2D eigenvalue weighted by atomic mass is 9.99. The maximum atomic E-state index is 5.26. The zero-order chi connectivity index (χ0) is 40.7. The second kappa shape index (κ2) is 13.7. The third-order valence-corrected chi connectivity index (χ3v) is 12.8. The SMILES string of the molecule is C1=Cc2c(c3cc(-c4nc(-c5ccc(-n6c7ccc8ccccc8c7c7c8ccccc8ccc76)cc5)nc(-c5ccc6ccccc6c5)n4)ccc3n2-c2ccccc2)CC1. The Morgan fingerprint density at radius 1 is 0.371 bits per heavy atom. The third kappa shape index (κ3) is 5.38. The highest BCUT2D eigenvalue weighted by Crippen LogP contribution is 2.41. The summed E-state index contributed by atoms with van der Waals surface area (Å²) in [4.78, 5) is 15.7. The highest BCUT2D eigenvalue weighted by atomic mass is 15.0. The van der Waals surface area contributed by atoms with Crippen LogP contribution in [0.15, 0.2) is 194 Å². The van der Waals surface area contributed by atoms with Crippen LogP contribution < -0.4 is 0 Å². The summed E-state index contributed by atoms with van der Waals surface area (Å²) < 4.78 is 4.78. The average Bonchev–Trinajstić information content (AvgIpc) is 3.87. The van der Waals surface area contributed by atoms with Crippen molar-refractivity contribution in [3.63, 3.8) is 0 Å². The number of allylic oxidation sites excluding steroid dienone is 1. The Hall–Kier alpha value is -8.15. The van der Waals surface area contributed by atoms with E-state index in [9.17, 15) is 0 Å². The van der Waals surface area contributed by atoms with Gasteiger partial charge in [0.2, 0.25) is 0 Å². The van der Waals surface area contributed by atoms with Crippen molar-refractivity contribution >= 4 is 71.1 Å². The van der Waals surface area contributed by atoms with E-state index in [1.165, 1.54) is 70.9 Å². The van der Waals surface area contributed by atoms with Gasteiger partial charge in [-0.3, -0.25) is 0 Å². The second-order valence-electron chi connectivity index (χ2n) is 16.3. The van der Waals surface area contributed by atoms with Gasteiger partial charge in [-0.15, -0.1) is 0 Å². The van der Waals surface area contributed by atoms with Crippen molar-refractivity contribution in [2.75, 3.05) is 0 Å². The lowest BCUT2D eigenvalue weighted by Crippen LogP contribution is -2.01. The van der Waals surface area contributed by atoms with E-state index in [4.69, 9.17) is 15.0 Å². The molecule has 62 heavy (non-hydrogen) atoms. The minimum absolute atomic E-state index is 0.635. The van der Waals surface area contributed by atoms with Crippen LogP contribution in [0.25, 0.3) is 117 Å². The molecule has 0 atom stereocenters. The van der Waals surface area contributed by atoms with E-state index < -0.39 is 0 Å². The fourth-order valence-electron chi connectivity index (χ4n) is 9.91. The molecule has 1 aliphatic rings. The first kappa shape index (κ1) is 34.7. The van der Waals surface area contributed by atoms with Crippen LogP contribution in [0.4, 0.5) is 0 Å². The van der Waals surface area contributed by atoms with Gasteiger partial charge >= 0.3 is 0 Å². The molecule has 5 nitrogen and oxygen atoms in total. The summed E-state index contributed by atoms with van der Waals surface area (Å²) in [6.07, 6.45) is 6.57. The van der Waals surface area contributed by atoms with Gasteiger partial charge in [0.1, 0.15) is 0 Å².